The number of aromatic nitrogens is 2. The van der Waals surface area contributed by atoms with Crippen molar-refractivity contribution in [2.75, 3.05) is 17.2 Å². The lowest BCUT2D eigenvalue weighted by atomic mass is 10.2. The van der Waals surface area contributed by atoms with Crippen molar-refractivity contribution in [3.8, 4) is 0 Å². The molecule has 0 unspecified atom stereocenters. The minimum Gasteiger partial charge on any atom is -0.354 e. The number of aryl methyl sites for hydroxylation is 1. The van der Waals surface area contributed by atoms with Gasteiger partial charge in [-0.1, -0.05) is 18.2 Å². The topological polar surface area (TPSA) is 93.0 Å². The Balaban J connectivity index is 2.40. The Morgan fingerprint density at radius 1 is 1.35 bits per heavy atom. The zero-order valence-corrected chi connectivity index (χ0v) is 11.3. The first-order chi connectivity index (χ1) is 9.61. The van der Waals surface area contributed by atoms with Gasteiger partial charge in [-0.3, -0.25) is 10.1 Å². The maximum Gasteiger partial charge on any atom is 0.329 e. The minimum atomic E-state index is -0.504. The Labute approximate surface area is 116 Å². The van der Waals surface area contributed by atoms with Crippen molar-refractivity contribution in [3.05, 3.63) is 46.1 Å². The molecule has 0 fully saturated rings. The molecule has 20 heavy (non-hydrogen) atoms. The second-order valence-electron chi connectivity index (χ2n) is 4.15. The molecule has 1 aromatic carbocycles. The van der Waals surface area contributed by atoms with Crippen LogP contribution in [-0.4, -0.2) is 21.4 Å². The fourth-order valence-corrected chi connectivity index (χ4v) is 1.69. The molecule has 2 rings (SSSR count). The highest BCUT2D eigenvalue weighted by molar-refractivity contribution is 5.68. The van der Waals surface area contributed by atoms with Crippen LogP contribution in [0.3, 0.4) is 0 Å². The summed E-state index contributed by atoms with van der Waals surface area (Å²) >= 11 is 0. The Morgan fingerprint density at radius 3 is 2.75 bits per heavy atom. The highest BCUT2D eigenvalue weighted by atomic mass is 16.6. The predicted molar refractivity (Wildman–Crippen MR) is 77.3 cm³/mol. The fraction of sp³-hybridized carbons (Fsp3) is 0.231. The molecule has 7 nitrogen and oxygen atoms in total. The highest BCUT2D eigenvalue weighted by Crippen LogP contribution is 2.27. The molecule has 0 aliphatic heterocycles. The van der Waals surface area contributed by atoms with Crippen molar-refractivity contribution < 1.29 is 4.92 Å². The SMILES string of the molecule is CCNc1ncc([N+](=O)[O-])c(Nc2ccccc2C)n1. The number of benzene rings is 1. The van der Waals surface area contributed by atoms with Gasteiger partial charge in [0, 0.05) is 12.2 Å². The summed E-state index contributed by atoms with van der Waals surface area (Å²) in [6.07, 6.45) is 1.20. The molecule has 0 aliphatic rings. The molecule has 104 valence electrons. The van der Waals surface area contributed by atoms with Crippen LogP contribution in [-0.2, 0) is 0 Å². The van der Waals surface area contributed by atoms with Gasteiger partial charge in [0.05, 0.1) is 4.92 Å². The van der Waals surface area contributed by atoms with Crippen molar-refractivity contribution in [2.45, 2.75) is 13.8 Å². The van der Waals surface area contributed by atoms with Crippen LogP contribution >= 0.6 is 0 Å². The monoisotopic (exact) mass is 273 g/mol. The van der Waals surface area contributed by atoms with Crippen molar-refractivity contribution in [1.29, 1.82) is 0 Å². The van der Waals surface area contributed by atoms with E-state index in [4.69, 9.17) is 0 Å². The average Bonchev–Trinajstić information content (AvgIpc) is 2.42. The largest absolute Gasteiger partial charge is 0.354 e. The first-order valence-corrected chi connectivity index (χ1v) is 6.19. The molecule has 1 heterocycles. The molecular weight excluding hydrogens is 258 g/mol. The van der Waals surface area contributed by atoms with Crippen molar-refractivity contribution in [2.24, 2.45) is 0 Å². The highest BCUT2D eigenvalue weighted by Gasteiger charge is 2.17. The van der Waals surface area contributed by atoms with Gasteiger partial charge in [-0.15, -0.1) is 0 Å². The van der Waals surface area contributed by atoms with Crippen LogP contribution in [0.15, 0.2) is 30.5 Å². The molecule has 0 spiro atoms. The van der Waals surface area contributed by atoms with Crippen LogP contribution in [0, 0.1) is 17.0 Å². The Bertz CT molecular complexity index is 630. The number of hydrogen-bond donors (Lipinski definition) is 2. The number of para-hydroxylation sites is 1. The van der Waals surface area contributed by atoms with E-state index in [-0.39, 0.29) is 11.5 Å². The third-order valence-corrected chi connectivity index (χ3v) is 2.70. The maximum atomic E-state index is 11.0. The molecule has 0 radical (unpaired) electrons. The van der Waals surface area contributed by atoms with Gasteiger partial charge in [-0.25, -0.2) is 4.98 Å². The van der Waals surface area contributed by atoms with Crippen LogP contribution in [0.4, 0.5) is 23.1 Å². The van der Waals surface area contributed by atoms with E-state index in [2.05, 4.69) is 20.6 Å². The average molecular weight is 273 g/mol. The first-order valence-electron chi connectivity index (χ1n) is 6.19. The van der Waals surface area contributed by atoms with Crippen LogP contribution in [0.5, 0.6) is 0 Å². The zero-order chi connectivity index (χ0) is 14.5. The number of nitro groups is 1. The van der Waals surface area contributed by atoms with E-state index in [0.29, 0.717) is 12.5 Å². The number of anilines is 3. The van der Waals surface area contributed by atoms with Crippen molar-refractivity contribution in [1.82, 2.24) is 9.97 Å². The number of rotatable bonds is 5. The summed E-state index contributed by atoms with van der Waals surface area (Å²) in [5, 5.41) is 16.9. The number of nitrogens with one attached hydrogen (secondary N) is 2. The van der Waals surface area contributed by atoms with E-state index in [1.165, 1.54) is 6.20 Å². The molecule has 0 bridgehead atoms. The molecule has 1 aromatic heterocycles. The predicted octanol–water partition coefficient (Wildman–Crippen LogP) is 2.87. The molecule has 7 heteroatoms. The van der Waals surface area contributed by atoms with Gasteiger partial charge in [-0.2, -0.15) is 4.98 Å². The van der Waals surface area contributed by atoms with Crippen molar-refractivity contribution in [3.63, 3.8) is 0 Å². The number of hydrogen-bond acceptors (Lipinski definition) is 6. The summed E-state index contributed by atoms with van der Waals surface area (Å²) in [5.41, 5.74) is 1.59. The molecule has 0 amide bonds. The van der Waals surface area contributed by atoms with Gasteiger partial charge < -0.3 is 10.6 Å². The Kier molecular flexibility index (Phi) is 4.09. The summed E-state index contributed by atoms with van der Waals surface area (Å²) in [4.78, 5) is 18.6. The summed E-state index contributed by atoms with van der Waals surface area (Å²) in [6.45, 7) is 4.46. The lowest BCUT2D eigenvalue weighted by Crippen LogP contribution is -2.07. The van der Waals surface area contributed by atoms with E-state index in [9.17, 15) is 10.1 Å². The summed E-state index contributed by atoms with van der Waals surface area (Å²) in [7, 11) is 0. The van der Waals surface area contributed by atoms with Gasteiger partial charge >= 0.3 is 5.69 Å². The van der Waals surface area contributed by atoms with Gasteiger partial charge in [0.15, 0.2) is 0 Å². The van der Waals surface area contributed by atoms with E-state index in [1.54, 1.807) is 0 Å². The lowest BCUT2D eigenvalue weighted by Gasteiger charge is -2.10. The van der Waals surface area contributed by atoms with Gasteiger partial charge in [0.2, 0.25) is 11.8 Å². The molecule has 0 aliphatic carbocycles. The third kappa shape index (κ3) is 3.00. The molecule has 0 saturated heterocycles. The zero-order valence-electron chi connectivity index (χ0n) is 11.3. The fourth-order valence-electron chi connectivity index (χ4n) is 1.69. The van der Waals surface area contributed by atoms with Crippen LogP contribution in [0.2, 0.25) is 0 Å². The number of nitrogens with zero attached hydrogens (tertiary/aromatic N) is 3. The lowest BCUT2D eigenvalue weighted by molar-refractivity contribution is -0.384. The van der Waals surface area contributed by atoms with Crippen molar-refractivity contribution >= 4 is 23.1 Å². The first kappa shape index (κ1) is 13.7. The van der Waals surface area contributed by atoms with Crippen LogP contribution < -0.4 is 10.6 Å². The van der Waals surface area contributed by atoms with Crippen LogP contribution in [0.1, 0.15) is 12.5 Å². The normalized spacial score (nSPS) is 10.1. The third-order valence-electron chi connectivity index (χ3n) is 2.70. The second kappa shape index (κ2) is 5.96. The molecule has 0 atom stereocenters. The van der Waals surface area contributed by atoms with Gasteiger partial charge in [-0.05, 0) is 25.5 Å². The molecule has 2 N–H and O–H groups in total. The Morgan fingerprint density at radius 2 is 2.10 bits per heavy atom. The van der Waals surface area contributed by atoms with E-state index in [1.807, 2.05) is 38.1 Å². The summed E-state index contributed by atoms with van der Waals surface area (Å²) in [5.74, 6) is 0.532. The van der Waals surface area contributed by atoms with Gasteiger partial charge in [0.25, 0.3) is 0 Å². The summed E-state index contributed by atoms with van der Waals surface area (Å²) < 4.78 is 0. The summed E-state index contributed by atoms with van der Waals surface area (Å²) in [6, 6.07) is 7.52. The molecule has 0 saturated carbocycles. The molecule has 2 aromatic rings. The van der Waals surface area contributed by atoms with Crippen LogP contribution in [0.25, 0.3) is 0 Å². The van der Waals surface area contributed by atoms with Gasteiger partial charge in [0.1, 0.15) is 6.20 Å². The van der Waals surface area contributed by atoms with E-state index < -0.39 is 4.92 Å². The quantitative estimate of drug-likeness (QED) is 0.642. The standard InChI is InChI=1S/C13H15N5O2/c1-3-14-13-15-8-11(18(19)20)12(17-13)16-10-7-5-4-6-9(10)2/h4-8H,3H2,1-2H3,(H2,14,15,16,17). The molecular formula is C13H15N5O2. The Hall–Kier alpha value is -2.70. The minimum absolute atomic E-state index is 0.157. The van der Waals surface area contributed by atoms with E-state index >= 15 is 0 Å². The maximum absolute atomic E-state index is 11.0. The smallest absolute Gasteiger partial charge is 0.329 e. The second-order valence-corrected chi connectivity index (χ2v) is 4.15. The van der Waals surface area contributed by atoms with E-state index in [0.717, 1.165) is 11.3 Å².